The molecule has 0 atom stereocenters. The number of nitrogens with one attached hydrogen (secondary N) is 1. The fraction of sp³-hybridized carbons (Fsp3) is 0.333. The summed E-state index contributed by atoms with van der Waals surface area (Å²) in [6.45, 7) is 9.64. The second-order valence-electron chi connectivity index (χ2n) is 5.61. The first-order valence-corrected chi connectivity index (χ1v) is 9.30. The van der Waals surface area contributed by atoms with Crippen LogP contribution in [0.4, 0.5) is 11.4 Å². The van der Waals surface area contributed by atoms with E-state index in [0.29, 0.717) is 5.69 Å². The van der Waals surface area contributed by atoms with Crippen molar-refractivity contribution in [1.82, 2.24) is 0 Å². The van der Waals surface area contributed by atoms with E-state index in [0.717, 1.165) is 29.9 Å². The average Bonchev–Trinajstić information content (AvgIpc) is 2.50. The van der Waals surface area contributed by atoms with Crippen molar-refractivity contribution in [2.75, 3.05) is 22.7 Å². The fourth-order valence-corrected chi connectivity index (χ4v) is 3.56. The molecule has 0 saturated carbocycles. The van der Waals surface area contributed by atoms with Gasteiger partial charge in [0.2, 0.25) is 0 Å². The quantitative estimate of drug-likeness (QED) is 0.871. The summed E-state index contributed by atoms with van der Waals surface area (Å²) in [4.78, 5) is 2.40. The van der Waals surface area contributed by atoms with E-state index in [1.165, 1.54) is 0 Å². The van der Waals surface area contributed by atoms with Crippen molar-refractivity contribution in [3.63, 3.8) is 0 Å². The second-order valence-corrected chi connectivity index (χ2v) is 7.29. The molecule has 0 fully saturated rings. The molecule has 1 N–H and O–H groups in total. The molecule has 0 aliphatic rings. The molecule has 0 bridgehead atoms. The summed E-state index contributed by atoms with van der Waals surface area (Å²) in [5, 5.41) is 0. The second kappa shape index (κ2) is 7.04. The van der Waals surface area contributed by atoms with E-state index in [4.69, 9.17) is 0 Å². The minimum atomic E-state index is -3.60. The van der Waals surface area contributed by atoms with Crippen molar-refractivity contribution in [3.8, 4) is 0 Å². The van der Waals surface area contributed by atoms with E-state index in [2.05, 4.69) is 23.5 Å². The molecule has 124 valence electrons. The molecule has 2 rings (SSSR count). The van der Waals surface area contributed by atoms with Gasteiger partial charge in [0.15, 0.2) is 0 Å². The third-order valence-electron chi connectivity index (χ3n) is 3.83. The largest absolute Gasteiger partial charge is 0.370 e. The van der Waals surface area contributed by atoms with Crippen LogP contribution in [0.5, 0.6) is 0 Å². The van der Waals surface area contributed by atoms with Gasteiger partial charge in [-0.3, -0.25) is 4.72 Å². The molecule has 0 heterocycles. The Balaban J connectivity index is 2.42. The Kier molecular flexibility index (Phi) is 5.31. The molecule has 0 spiro atoms. The predicted molar refractivity (Wildman–Crippen MR) is 96.7 cm³/mol. The third-order valence-corrected chi connectivity index (χ3v) is 5.21. The number of rotatable bonds is 6. The van der Waals surface area contributed by atoms with E-state index in [1.54, 1.807) is 24.3 Å². The molecular formula is C18H24N2O2S. The topological polar surface area (TPSA) is 49.4 Å². The lowest BCUT2D eigenvalue weighted by Gasteiger charge is -2.25. The van der Waals surface area contributed by atoms with Crippen LogP contribution in [0.2, 0.25) is 0 Å². The number of hydrogen-bond acceptors (Lipinski definition) is 3. The number of sulfonamides is 1. The lowest BCUT2D eigenvalue weighted by molar-refractivity contribution is 0.601. The molecule has 0 unspecified atom stereocenters. The molecule has 23 heavy (non-hydrogen) atoms. The summed E-state index contributed by atoms with van der Waals surface area (Å²) >= 11 is 0. The van der Waals surface area contributed by atoms with E-state index in [-0.39, 0.29) is 4.90 Å². The summed E-state index contributed by atoms with van der Waals surface area (Å²) in [5.74, 6) is 0. The lowest BCUT2D eigenvalue weighted by atomic mass is 10.2. The highest BCUT2D eigenvalue weighted by atomic mass is 32.2. The number of benzene rings is 2. The number of aryl methyl sites for hydroxylation is 2. The lowest BCUT2D eigenvalue weighted by Crippen LogP contribution is -2.24. The number of hydrogen-bond donors (Lipinski definition) is 1. The van der Waals surface area contributed by atoms with Gasteiger partial charge in [0.1, 0.15) is 0 Å². The van der Waals surface area contributed by atoms with Gasteiger partial charge in [-0.05, 0) is 57.5 Å². The monoisotopic (exact) mass is 332 g/mol. The van der Waals surface area contributed by atoms with Crippen molar-refractivity contribution in [3.05, 3.63) is 53.6 Å². The van der Waals surface area contributed by atoms with E-state index >= 15 is 0 Å². The van der Waals surface area contributed by atoms with Crippen LogP contribution in [0.25, 0.3) is 0 Å². The van der Waals surface area contributed by atoms with Crippen LogP contribution >= 0.6 is 0 Å². The molecular weight excluding hydrogens is 308 g/mol. The van der Waals surface area contributed by atoms with Gasteiger partial charge in [0.05, 0.1) is 16.3 Å². The van der Waals surface area contributed by atoms with Crippen LogP contribution in [-0.2, 0) is 10.0 Å². The average molecular weight is 332 g/mol. The first kappa shape index (κ1) is 17.3. The van der Waals surface area contributed by atoms with Crippen molar-refractivity contribution < 1.29 is 8.42 Å². The van der Waals surface area contributed by atoms with Crippen LogP contribution in [0, 0.1) is 13.8 Å². The van der Waals surface area contributed by atoms with Gasteiger partial charge < -0.3 is 4.90 Å². The van der Waals surface area contributed by atoms with Crippen molar-refractivity contribution >= 4 is 21.4 Å². The van der Waals surface area contributed by atoms with Gasteiger partial charge in [-0.25, -0.2) is 8.42 Å². The maximum Gasteiger partial charge on any atom is 0.261 e. The molecule has 0 aliphatic heterocycles. The molecule has 2 aromatic rings. The highest BCUT2D eigenvalue weighted by molar-refractivity contribution is 7.92. The summed E-state index contributed by atoms with van der Waals surface area (Å²) < 4.78 is 28.0. The molecule has 5 heteroatoms. The van der Waals surface area contributed by atoms with Crippen molar-refractivity contribution in [2.45, 2.75) is 32.6 Å². The number of anilines is 2. The predicted octanol–water partition coefficient (Wildman–Crippen LogP) is 3.95. The Morgan fingerprint density at radius 1 is 0.913 bits per heavy atom. The van der Waals surface area contributed by atoms with Crippen LogP contribution in [0.1, 0.15) is 25.0 Å². The smallest absolute Gasteiger partial charge is 0.261 e. The number of nitrogens with zero attached hydrogens (tertiary/aromatic N) is 1. The SMILES string of the molecule is CCN(CC)c1ccc(C)cc1NS(=O)(=O)c1ccc(C)cc1. The Bertz CT molecular complexity index is 764. The van der Waals surface area contributed by atoms with E-state index < -0.39 is 10.0 Å². The highest BCUT2D eigenvalue weighted by Gasteiger charge is 2.17. The van der Waals surface area contributed by atoms with Crippen LogP contribution < -0.4 is 9.62 Å². The zero-order valence-electron chi connectivity index (χ0n) is 14.1. The van der Waals surface area contributed by atoms with Gasteiger partial charge >= 0.3 is 0 Å². The van der Waals surface area contributed by atoms with Crippen molar-refractivity contribution in [1.29, 1.82) is 0 Å². The Hall–Kier alpha value is -2.01. The molecule has 0 amide bonds. The van der Waals surface area contributed by atoms with Crippen LogP contribution in [0.3, 0.4) is 0 Å². The summed E-state index contributed by atoms with van der Waals surface area (Å²) in [6.07, 6.45) is 0. The van der Waals surface area contributed by atoms with Crippen molar-refractivity contribution in [2.24, 2.45) is 0 Å². The van der Waals surface area contributed by atoms with Gasteiger partial charge in [-0.2, -0.15) is 0 Å². The Morgan fingerprint density at radius 2 is 1.48 bits per heavy atom. The summed E-state index contributed by atoms with van der Waals surface area (Å²) in [7, 11) is -3.60. The minimum absolute atomic E-state index is 0.273. The van der Waals surface area contributed by atoms with E-state index in [9.17, 15) is 8.42 Å². The molecule has 0 radical (unpaired) electrons. The maximum absolute atomic E-state index is 12.6. The summed E-state index contributed by atoms with van der Waals surface area (Å²) in [5.41, 5.74) is 3.57. The molecule has 0 saturated heterocycles. The van der Waals surface area contributed by atoms with Gasteiger partial charge in [0.25, 0.3) is 10.0 Å². The highest BCUT2D eigenvalue weighted by Crippen LogP contribution is 2.29. The zero-order valence-corrected chi connectivity index (χ0v) is 14.9. The first-order chi connectivity index (χ1) is 10.9. The van der Waals surface area contributed by atoms with Gasteiger partial charge in [-0.15, -0.1) is 0 Å². The van der Waals surface area contributed by atoms with Crippen LogP contribution in [0.15, 0.2) is 47.4 Å². The normalized spacial score (nSPS) is 11.3. The standard InChI is InChI=1S/C18H24N2O2S/c1-5-20(6-2)18-12-9-15(4)13-17(18)19-23(21,22)16-10-7-14(3)8-11-16/h7-13,19H,5-6H2,1-4H3. The Labute approximate surface area is 139 Å². The van der Waals surface area contributed by atoms with E-state index in [1.807, 2.05) is 32.0 Å². The maximum atomic E-state index is 12.6. The molecule has 0 aliphatic carbocycles. The van der Waals surface area contributed by atoms with Gasteiger partial charge in [-0.1, -0.05) is 23.8 Å². The molecule has 4 nitrogen and oxygen atoms in total. The molecule has 2 aromatic carbocycles. The summed E-state index contributed by atoms with van der Waals surface area (Å²) in [6, 6.07) is 12.7. The minimum Gasteiger partial charge on any atom is -0.370 e. The van der Waals surface area contributed by atoms with Crippen LogP contribution in [-0.4, -0.2) is 21.5 Å². The third kappa shape index (κ3) is 4.05. The molecule has 0 aromatic heterocycles. The first-order valence-electron chi connectivity index (χ1n) is 7.82. The van der Waals surface area contributed by atoms with Gasteiger partial charge in [0, 0.05) is 13.1 Å². The Morgan fingerprint density at radius 3 is 2.04 bits per heavy atom. The fourth-order valence-electron chi connectivity index (χ4n) is 2.49. The zero-order chi connectivity index (χ0) is 17.0.